The third-order valence-electron chi connectivity index (χ3n) is 5.41. The molecule has 2 fully saturated rings. The minimum atomic E-state index is -0.0377. The first kappa shape index (κ1) is 18.0. The van der Waals surface area contributed by atoms with E-state index in [1.807, 2.05) is 23.0 Å². The van der Waals surface area contributed by atoms with Crippen molar-refractivity contribution in [2.45, 2.75) is 25.5 Å². The predicted octanol–water partition coefficient (Wildman–Crippen LogP) is 3.36. The summed E-state index contributed by atoms with van der Waals surface area (Å²) < 4.78 is 8.78. The molecule has 0 spiro atoms. The van der Waals surface area contributed by atoms with E-state index in [1.54, 1.807) is 0 Å². The molecule has 0 aromatic carbocycles. The summed E-state index contributed by atoms with van der Waals surface area (Å²) in [7, 11) is 0. The van der Waals surface area contributed by atoms with Gasteiger partial charge >= 0.3 is 0 Å². The minimum absolute atomic E-state index is 0.0377. The predicted molar refractivity (Wildman–Crippen MR) is 112 cm³/mol. The fraction of sp³-hybridized carbons (Fsp3) is 0.450. The summed E-state index contributed by atoms with van der Waals surface area (Å²) in [6.07, 6.45) is 5.07. The third-order valence-corrected chi connectivity index (χ3v) is 5.84. The highest BCUT2D eigenvalue weighted by Crippen LogP contribution is 2.33. The van der Waals surface area contributed by atoms with E-state index in [1.165, 1.54) is 0 Å². The molecule has 0 bridgehead atoms. The molecule has 0 saturated carbocycles. The fourth-order valence-corrected chi connectivity index (χ4v) is 4.29. The SMILES string of the molecule is Brc1cc2c(-c3cccc(N4CCNCC4)n3)nn(C3CCCCO3)c2cn1. The molecule has 1 unspecified atom stereocenters. The van der Waals surface area contributed by atoms with E-state index in [4.69, 9.17) is 14.8 Å². The molecule has 0 aliphatic carbocycles. The number of ether oxygens (including phenoxy) is 1. The Kier molecular flexibility index (Phi) is 5.00. The maximum absolute atomic E-state index is 6.00. The number of pyridine rings is 2. The first-order valence-corrected chi connectivity index (χ1v) is 10.7. The molecule has 0 amide bonds. The number of hydrogen-bond acceptors (Lipinski definition) is 6. The summed E-state index contributed by atoms with van der Waals surface area (Å²) in [6, 6.07) is 8.21. The summed E-state index contributed by atoms with van der Waals surface area (Å²) in [4.78, 5) is 11.7. The van der Waals surface area contributed by atoms with Crippen molar-refractivity contribution in [1.82, 2.24) is 25.1 Å². The lowest BCUT2D eigenvalue weighted by Crippen LogP contribution is -2.43. The van der Waals surface area contributed by atoms with Crippen LogP contribution in [0.1, 0.15) is 25.5 Å². The summed E-state index contributed by atoms with van der Waals surface area (Å²) >= 11 is 3.51. The second-order valence-electron chi connectivity index (χ2n) is 7.26. The number of anilines is 1. The van der Waals surface area contributed by atoms with Crippen LogP contribution in [0.5, 0.6) is 0 Å². The summed E-state index contributed by atoms with van der Waals surface area (Å²) in [5.41, 5.74) is 2.75. The van der Waals surface area contributed by atoms with Crippen molar-refractivity contribution in [3.63, 3.8) is 0 Å². The molecule has 1 atom stereocenters. The van der Waals surface area contributed by atoms with Crippen molar-refractivity contribution in [3.8, 4) is 11.4 Å². The lowest BCUT2D eigenvalue weighted by molar-refractivity contribution is -0.0365. The van der Waals surface area contributed by atoms with Crippen LogP contribution in [-0.2, 0) is 4.74 Å². The average molecular weight is 443 g/mol. The quantitative estimate of drug-likeness (QED) is 0.627. The Bertz CT molecular complexity index is 978. The number of nitrogens with zero attached hydrogens (tertiary/aromatic N) is 5. The molecular weight excluding hydrogens is 420 g/mol. The van der Waals surface area contributed by atoms with Crippen molar-refractivity contribution in [2.75, 3.05) is 37.7 Å². The Labute approximate surface area is 172 Å². The maximum Gasteiger partial charge on any atom is 0.150 e. The molecule has 2 aliphatic rings. The van der Waals surface area contributed by atoms with E-state index in [9.17, 15) is 0 Å². The zero-order chi connectivity index (χ0) is 18.9. The normalized spacial score (nSPS) is 20.6. The fourth-order valence-electron chi connectivity index (χ4n) is 3.96. The molecule has 0 radical (unpaired) electrons. The molecule has 146 valence electrons. The van der Waals surface area contributed by atoms with Crippen LogP contribution in [0.2, 0.25) is 0 Å². The molecular formula is C20H23BrN6O. The number of halogens is 1. The number of hydrogen-bond donors (Lipinski definition) is 1. The molecule has 3 aromatic rings. The standard InChI is InChI=1S/C20H23BrN6O/c21-17-12-14-16(13-23-17)27(19-6-1-2-11-28-19)25-20(14)15-4-3-5-18(24-15)26-9-7-22-8-10-26/h3-5,12-13,19,22H,1-2,6-11H2. The maximum atomic E-state index is 6.00. The molecule has 2 saturated heterocycles. The van der Waals surface area contributed by atoms with E-state index in [0.29, 0.717) is 0 Å². The van der Waals surface area contributed by atoms with Gasteiger partial charge in [0.25, 0.3) is 0 Å². The van der Waals surface area contributed by atoms with Gasteiger partial charge in [0.1, 0.15) is 16.1 Å². The van der Waals surface area contributed by atoms with E-state index in [2.05, 4.69) is 43.3 Å². The van der Waals surface area contributed by atoms with Crippen molar-refractivity contribution < 1.29 is 4.74 Å². The zero-order valence-electron chi connectivity index (χ0n) is 15.6. The molecule has 7 nitrogen and oxygen atoms in total. The van der Waals surface area contributed by atoms with Gasteiger partial charge in [-0.05, 0) is 53.4 Å². The van der Waals surface area contributed by atoms with E-state index in [0.717, 1.165) is 84.8 Å². The number of piperazine rings is 1. The van der Waals surface area contributed by atoms with Crippen LogP contribution < -0.4 is 10.2 Å². The Morgan fingerprint density at radius 2 is 2.07 bits per heavy atom. The van der Waals surface area contributed by atoms with Crippen molar-refractivity contribution in [3.05, 3.63) is 35.1 Å². The first-order chi connectivity index (χ1) is 13.8. The van der Waals surface area contributed by atoms with Crippen LogP contribution in [0.3, 0.4) is 0 Å². The van der Waals surface area contributed by atoms with Gasteiger partial charge in [-0.15, -0.1) is 0 Å². The Balaban J connectivity index is 1.59. The minimum Gasteiger partial charge on any atom is -0.356 e. The third kappa shape index (κ3) is 3.40. The largest absolute Gasteiger partial charge is 0.356 e. The molecule has 1 N–H and O–H groups in total. The van der Waals surface area contributed by atoms with Crippen LogP contribution in [-0.4, -0.2) is 52.5 Å². The molecule has 8 heteroatoms. The summed E-state index contributed by atoms with van der Waals surface area (Å²) in [6.45, 7) is 4.69. The van der Waals surface area contributed by atoms with Gasteiger partial charge < -0.3 is 15.0 Å². The average Bonchev–Trinajstić information content (AvgIpc) is 3.14. The lowest BCUT2D eigenvalue weighted by Gasteiger charge is -2.28. The van der Waals surface area contributed by atoms with Crippen molar-refractivity contribution in [1.29, 1.82) is 0 Å². The van der Waals surface area contributed by atoms with Gasteiger partial charge in [-0.1, -0.05) is 6.07 Å². The Morgan fingerprint density at radius 3 is 2.89 bits per heavy atom. The summed E-state index contributed by atoms with van der Waals surface area (Å²) in [5.74, 6) is 1.00. The Morgan fingerprint density at radius 1 is 1.18 bits per heavy atom. The monoisotopic (exact) mass is 442 g/mol. The van der Waals surface area contributed by atoms with Crippen LogP contribution in [0.15, 0.2) is 35.1 Å². The smallest absolute Gasteiger partial charge is 0.150 e. The van der Waals surface area contributed by atoms with Gasteiger partial charge in [0.15, 0.2) is 6.23 Å². The van der Waals surface area contributed by atoms with Gasteiger partial charge in [0, 0.05) is 38.2 Å². The number of fused-ring (bicyclic) bond motifs is 1. The molecule has 5 rings (SSSR count). The van der Waals surface area contributed by atoms with Gasteiger partial charge in [0.05, 0.1) is 17.4 Å². The number of nitrogens with one attached hydrogen (secondary N) is 1. The van der Waals surface area contributed by atoms with Crippen LogP contribution in [0, 0.1) is 0 Å². The zero-order valence-corrected chi connectivity index (χ0v) is 17.2. The van der Waals surface area contributed by atoms with Crippen molar-refractivity contribution >= 4 is 32.7 Å². The van der Waals surface area contributed by atoms with E-state index in [-0.39, 0.29) is 6.23 Å². The Hall–Kier alpha value is -2.03. The van der Waals surface area contributed by atoms with Gasteiger partial charge in [-0.2, -0.15) is 5.10 Å². The van der Waals surface area contributed by atoms with E-state index >= 15 is 0 Å². The van der Waals surface area contributed by atoms with Crippen LogP contribution in [0.25, 0.3) is 22.3 Å². The van der Waals surface area contributed by atoms with Gasteiger partial charge in [0.2, 0.25) is 0 Å². The topological polar surface area (TPSA) is 68.1 Å². The highest BCUT2D eigenvalue weighted by Gasteiger charge is 2.23. The van der Waals surface area contributed by atoms with Gasteiger partial charge in [-0.3, -0.25) is 0 Å². The molecule has 5 heterocycles. The molecule has 3 aromatic heterocycles. The second kappa shape index (κ2) is 7.77. The van der Waals surface area contributed by atoms with Crippen molar-refractivity contribution in [2.24, 2.45) is 0 Å². The van der Waals surface area contributed by atoms with E-state index < -0.39 is 0 Å². The highest BCUT2D eigenvalue weighted by atomic mass is 79.9. The van der Waals surface area contributed by atoms with Crippen LogP contribution >= 0.6 is 15.9 Å². The molecule has 28 heavy (non-hydrogen) atoms. The van der Waals surface area contributed by atoms with Gasteiger partial charge in [-0.25, -0.2) is 14.6 Å². The number of aromatic nitrogens is 4. The number of rotatable bonds is 3. The second-order valence-corrected chi connectivity index (χ2v) is 8.07. The highest BCUT2D eigenvalue weighted by molar-refractivity contribution is 9.10. The molecule has 2 aliphatic heterocycles. The first-order valence-electron chi connectivity index (χ1n) is 9.88. The summed E-state index contributed by atoms with van der Waals surface area (Å²) in [5, 5.41) is 9.38. The lowest BCUT2D eigenvalue weighted by atomic mass is 10.1. The van der Waals surface area contributed by atoms with Crippen LogP contribution in [0.4, 0.5) is 5.82 Å².